The summed E-state index contributed by atoms with van der Waals surface area (Å²) in [5.41, 5.74) is 0.949. The molecule has 112 valence electrons. The van der Waals surface area contributed by atoms with Gasteiger partial charge in [0.05, 0.1) is 23.5 Å². The fourth-order valence-corrected chi connectivity index (χ4v) is 4.10. The van der Waals surface area contributed by atoms with E-state index in [1.54, 1.807) is 18.4 Å². The van der Waals surface area contributed by atoms with Crippen LogP contribution in [0.1, 0.15) is 42.9 Å². The van der Waals surface area contributed by atoms with Crippen molar-refractivity contribution >= 4 is 28.8 Å². The first-order chi connectivity index (χ1) is 9.69. The van der Waals surface area contributed by atoms with Crippen LogP contribution in [0.4, 0.5) is 0 Å². The van der Waals surface area contributed by atoms with Crippen molar-refractivity contribution in [3.8, 4) is 0 Å². The minimum atomic E-state index is 0.107. The highest BCUT2D eigenvalue weighted by atomic mass is 35.5. The second-order valence-corrected chi connectivity index (χ2v) is 6.34. The Morgan fingerprint density at radius 2 is 2.50 bits per heavy atom. The number of carbonyl (C=O) groups excluding carboxylic acids is 1. The number of halogens is 1. The molecular formula is C14H22ClN3OS. The molecule has 0 saturated carbocycles. The Balaban J connectivity index is 2.08. The van der Waals surface area contributed by atoms with Crippen LogP contribution in [-0.4, -0.2) is 35.9 Å². The number of nitrogens with one attached hydrogen (secondary N) is 1. The van der Waals surface area contributed by atoms with Crippen molar-refractivity contribution in [2.45, 2.75) is 38.1 Å². The van der Waals surface area contributed by atoms with Gasteiger partial charge in [-0.25, -0.2) is 4.98 Å². The molecule has 0 bridgehead atoms. The zero-order valence-electron chi connectivity index (χ0n) is 12.1. The molecule has 1 amide bonds. The zero-order chi connectivity index (χ0) is 14.5. The SMILES string of the molecule is CCC(c1nc(CCl)cs1)N1CCCC(C(=O)NC)C1. The summed E-state index contributed by atoms with van der Waals surface area (Å²) in [5, 5.41) is 5.93. The van der Waals surface area contributed by atoms with Crippen LogP contribution in [-0.2, 0) is 10.7 Å². The molecule has 0 aliphatic carbocycles. The number of amides is 1. The van der Waals surface area contributed by atoms with Gasteiger partial charge in [-0.3, -0.25) is 9.69 Å². The summed E-state index contributed by atoms with van der Waals surface area (Å²) >= 11 is 7.51. The quantitative estimate of drug-likeness (QED) is 0.850. The normalized spacial score (nSPS) is 21.6. The van der Waals surface area contributed by atoms with Crippen LogP contribution in [0.15, 0.2) is 5.38 Å². The smallest absolute Gasteiger partial charge is 0.224 e. The molecule has 1 aliphatic rings. The average molecular weight is 316 g/mol. The molecule has 0 aromatic carbocycles. The van der Waals surface area contributed by atoms with Crippen LogP contribution in [0, 0.1) is 5.92 Å². The van der Waals surface area contributed by atoms with Crippen molar-refractivity contribution in [1.29, 1.82) is 0 Å². The number of hydrogen-bond acceptors (Lipinski definition) is 4. The Bertz CT molecular complexity index is 451. The van der Waals surface area contributed by atoms with Gasteiger partial charge in [-0.1, -0.05) is 6.92 Å². The molecule has 1 aromatic heterocycles. The maximum atomic E-state index is 11.8. The second kappa shape index (κ2) is 7.38. The van der Waals surface area contributed by atoms with E-state index in [0.717, 1.165) is 43.1 Å². The predicted octanol–water partition coefficient (Wildman–Crippen LogP) is 2.79. The monoisotopic (exact) mass is 315 g/mol. The fraction of sp³-hybridized carbons (Fsp3) is 0.714. The third kappa shape index (κ3) is 3.51. The van der Waals surface area contributed by atoms with E-state index in [4.69, 9.17) is 11.6 Å². The minimum Gasteiger partial charge on any atom is -0.359 e. The highest BCUT2D eigenvalue weighted by Gasteiger charge is 2.30. The molecule has 1 fully saturated rings. The molecule has 0 spiro atoms. The Kier molecular flexibility index (Phi) is 5.81. The molecule has 1 N–H and O–H groups in total. The summed E-state index contributed by atoms with van der Waals surface area (Å²) in [6, 6.07) is 0.310. The Hall–Kier alpha value is -0.650. The number of nitrogens with zero attached hydrogens (tertiary/aromatic N) is 2. The molecule has 2 unspecified atom stereocenters. The van der Waals surface area contributed by atoms with Gasteiger partial charge in [0.25, 0.3) is 0 Å². The summed E-state index contributed by atoms with van der Waals surface area (Å²) in [7, 11) is 1.71. The second-order valence-electron chi connectivity index (χ2n) is 5.18. The number of rotatable bonds is 5. The van der Waals surface area contributed by atoms with Crippen molar-refractivity contribution in [2.24, 2.45) is 5.92 Å². The molecule has 2 heterocycles. The van der Waals surface area contributed by atoms with Gasteiger partial charge in [0, 0.05) is 19.0 Å². The lowest BCUT2D eigenvalue weighted by molar-refractivity contribution is -0.126. The van der Waals surface area contributed by atoms with E-state index in [2.05, 4.69) is 22.1 Å². The van der Waals surface area contributed by atoms with E-state index < -0.39 is 0 Å². The number of likely N-dealkylation sites (tertiary alicyclic amines) is 1. The molecule has 1 saturated heterocycles. The maximum Gasteiger partial charge on any atom is 0.224 e. The Morgan fingerprint density at radius 3 is 3.10 bits per heavy atom. The number of aromatic nitrogens is 1. The molecule has 6 heteroatoms. The molecule has 0 radical (unpaired) electrons. The average Bonchev–Trinajstić information content (AvgIpc) is 2.96. The van der Waals surface area contributed by atoms with Crippen LogP contribution in [0.5, 0.6) is 0 Å². The van der Waals surface area contributed by atoms with E-state index >= 15 is 0 Å². The number of piperidine rings is 1. The van der Waals surface area contributed by atoms with E-state index in [1.807, 2.05) is 5.38 Å². The summed E-state index contributed by atoms with van der Waals surface area (Å²) in [6.45, 7) is 4.05. The highest BCUT2D eigenvalue weighted by molar-refractivity contribution is 7.09. The molecular weight excluding hydrogens is 294 g/mol. The van der Waals surface area contributed by atoms with Crippen molar-refractivity contribution in [2.75, 3.05) is 20.1 Å². The lowest BCUT2D eigenvalue weighted by Crippen LogP contribution is -2.43. The third-order valence-electron chi connectivity index (χ3n) is 3.89. The van der Waals surface area contributed by atoms with Gasteiger partial charge in [0.2, 0.25) is 5.91 Å². The molecule has 4 nitrogen and oxygen atoms in total. The fourth-order valence-electron chi connectivity index (χ4n) is 2.83. The van der Waals surface area contributed by atoms with Gasteiger partial charge >= 0.3 is 0 Å². The molecule has 2 atom stereocenters. The molecule has 20 heavy (non-hydrogen) atoms. The van der Waals surface area contributed by atoms with E-state index in [1.165, 1.54) is 0 Å². The van der Waals surface area contributed by atoms with Gasteiger partial charge in [0.1, 0.15) is 5.01 Å². The first-order valence-corrected chi connectivity index (χ1v) is 8.56. The van der Waals surface area contributed by atoms with Crippen LogP contribution >= 0.6 is 22.9 Å². The van der Waals surface area contributed by atoms with Crippen molar-refractivity contribution < 1.29 is 4.79 Å². The molecule has 1 aromatic rings. The van der Waals surface area contributed by atoms with Gasteiger partial charge in [0.15, 0.2) is 0 Å². The molecule has 2 rings (SSSR count). The Morgan fingerprint density at radius 1 is 1.70 bits per heavy atom. The van der Waals surface area contributed by atoms with Crippen LogP contribution in [0.3, 0.4) is 0 Å². The lowest BCUT2D eigenvalue weighted by Gasteiger charge is -2.36. The topological polar surface area (TPSA) is 45.2 Å². The number of alkyl halides is 1. The van der Waals surface area contributed by atoms with Gasteiger partial charge in [-0.2, -0.15) is 0 Å². The van der Waals surface area contributed by atoms with Crippen LogP contribution in [0.25, 0.3) is 0 Å². The molecule has 1 aliphatic heterocycles. The van der Waals surface area contributed by atoms with Gasteiger partial charge < -0.3 is 5.32 Å². The van der Waals surface area contributed by atoms with E-state index in [9.17, 15) is 4.79 Å². The maximum absolute atomic E-state index is 11.8. The number of carbonyl (C=O) groups is 1. The van der Waals surface area contributed by atoms with Crippen LogP contribution in [0.2, 0.25) is 0 Å². The van der Waals surface area contributed by atoms with Crippen molar-refractivity contribution in [3.05, 3.63) is 16.1 Å². The first-order valence-electron chi connectivity index (χ1n) is 7.15. The highest BCUT2D eigenvalue weighted by Crippen LogP contribution is 2.31. The standard InChI is InChI=1S/C14H22ClN3OS/c1-3-12(14-17-11(7-15)9-20-14)18-6-4-5-10(8-18)13(19)16-2/h9-10,12H,3-8H2,1-2H3,(H,16,19). The minimum absolute atomic E-state index is 0.107. The first kappa shape index (κ1) is 15.7. The summed E-state index contributed by atoms with van der Waals surface area (Å²) in [4.78, 5) is 18.9. The summed E-state index contributed by atoms with van der Waals surface area (Å²) in [5.74, 6) is 0.730. The van der Waals surface area contributed by atoms with Crippen molar-refractivity contribution in [1.82, 2.24) is 15.2 Å². The van der Waals surface area contributed by atoms with Crippen LogP contribution < -0.4 is 5.32 Å². The Labute approximate surface area is 129 Å². The van der Waals surface area contributed by atoms with Gasteiger partial charge in [-0.15, -0.1) is 22.9 Å². The number of hydrogen-bond donors (Lipinski definition) is 1. The summed E-state index contributed by atoms with van der Waals surface area (Å²) in [6.07, 6.45) is 3.06. The predicted molar refractivity (Wildman–Crippen MR) is 83.1 cm³/mol. The van der Waals surface area contributed by atoms with E-state index in [-0.39, 0.29) is 11.8 Å². The lowest BCUT2D eigenvalue weighted by atomic mass is 9.95. The third-order valence-corrected chi connectivity index (χ3v) is 5.16. The van der Waals surface area contributed by atoms with Crippen molar-refractivity contribution in [3.63, 3.8) is 0 Å². The van der Waals surface area contributed by atoms with Gasteiger partial charge in [-0.05, 0) is 25.8 Å². The number of thiazole rings is 1. The zero-order valence-corrected chi connectivity index (χ0v) is 13.6. The van der Waals surface area contributed by atoms with E-state index in [0.29, 0.717) is 11.9 Å². The largest absolute Gasteiger partial charge is 0.359 e. The summed E-state index contributed by atoms with van der Waals surface area (Å²) < 4.78 is 0.